The van der Waals surface area contributed by atoms with Crippen LogP contribution in [0.15, 0.2) is 16.7 Å². The summed E-state index contributed by atoms with van der Waals surface area (Å²) in [4.78, 5) is 5.27. The average Bonchev–Trinajstić information content (AvgIpc) is 2.19. The Kier molecular flexibility index (Phi) is 4.80. The number of pyridine rings is 1. The highest BCUT2D eigenvalue weighted by Gasteiger charge is 2.31. The number of nitrogens with zero attached hydrogens (tertiary/aromatic N) is 2. The zero-order valence-corrected chi connectivity index (χ0v) is 11.3. The summed E-state index contributed by atoms with van der Waals surface area (Å²) in [6.45, 7) is 3.02. The van der Waals surface area contributed by atoms with E-state index in [1.165, 1.54) is 11.1 Å². The van der Waals surface area contributed by atoms with Crippen LogP contribution in [-0.2, 0) is 0 Å². The molecule has 0 aromatic carbocycles. The second-order valence-electron chi connectivity index (χ2n) is 3.80. The van der Waals surface area contributed by atoms with E-state index >= 15 is 0 Å². The molecule has 0 aliphatic rings. The Labute approximate surface area is 107 Å². The minimum atomic E-state index is -4.22. The average molecular weight is 311 g/mol. The third-order valence-corrected chi connectivity index (χ3v) is 3.21. The van der Waals surface area contributed by atoms with Crippen LogP contribution in [0.3, 0.4) is 0 Å². The fourth-order valence-corrected chi connectivity index (χ4v) is 1.98. The molecule has 1 aromatic rings. The van der Waals surface area contributed by atoms with Crippen molar-refractivity contribution in [2.24, 2.45) is 0 Å². The Morgan fingerprint density at radius 3 is 2.59 bits per heavy atom. The van der Waals surface area contributed by atoms with Gasteiger partial charge in [-0.1, -0.05) is 6.92 Å². The molecule has 0 aliphatic carbocycles. The second-order valence-corrected chi connectivity index (χ2v) is 4.60. The fourth-order valence-electron chi connectivity index (χ4n) is 1.49. The summed E-state index contributed by atoms with van der Waals surface area (Å²) in [7, 11) is 0. The van der Waals surface area contributed by atoms with Gasteiger partial charge >= 0.3 is 6.18 Å². The quantitative estimate of drug-likeness (QED) is 0.837. The van der Waals surface area contributed by atoms with Gasteiger partial charge in [0.05, 0.1) is 4.47 Å². The van der Waals surface area contributed by atoms with Gasteiger partial charge in [-0.05, 0) is 40.9 Å². The van der Waals surface area contributed by atoms with Gasteiger partial charge < -0.3 is 4.90 Å². The van der Waals surface area contributed by atoms with Gasteiger partial charge in [-0.15, -0.1) is 0 Å². The van der Waals surface area contributed by atoms with E-state index in [9.17, 15) is 13.2 Å². The van der Waals surface area contributed by atoms with Gasteiger partial charge in [0.25, 0.3) is 0 Å². The molecule has 1 aromatic heterocycles. The van der Waals surface area contributed by atoms with Gasteiger partial charge in [-0.25, -0.2) is 4.98 Å². The predicted octanol–water partition coefficient (Wildman–Crippen LogP) is 3.93. The summed E-state index contributed by atoms with van der Waals surface area (Å²) < 4.78 is 38.0. The SMILES string of the molecule is CCCN(CC(F)(F)F)c1nccc(C)c1Br. The molecule has 0 saturated carbocycles. The fraction of sp³-hybridized carbons (Fsp3) is 0.545. The van der Waals surface area contributed by atoms with E-state index in [2.05, 4.69) is 20.9 Å². The van der Waals surface area contributed by atoms with Gasteiger partial charge in [0.15, 0.2) is 0 Å². The molecule has 0 N–H and O–H groups in total. The van der Waals surface area contributed by atoms with Gasteiger partial charge in [-0.2, -0.15) is 13.2 Å². The largest absolute Gasteiger partial charge is 0.405 e. The van der Waals surface area contributed by atoms with Crippen LogP contribution in [-0.4, -0.2) is 24.2 Å². The van der Waals surface area contributed by atoms with Crippen LogP contribution in [0, 0.1) is 6.92 Å². The first kappa shape index (κ1) is 14.3. The molecule has 0 unspecified atom stereocenters. The molecular weight excluding hydrogens is 297 g/mol. The summed E-state index contributed by atoms with van der Waals surface area (Å²) in [6.07, 6.45) is -2.06. The third-order valence-electron chi connectivity index (χ3n) is 2.23. The number of hydrogen-bond acceptors (Lipinski definition) is 2. The Bertz CT molecular complexity index is 379. The second kappa shape index (κ2) is 5.71. The molecule has 17 heavy (non-hydrogen) atoms. The molecule has 6 heteroatoms. The zero-order valence-electron chi connectivity index (χ0n) is 9.68. The minimum absolute atomic E-state index is 0.328. The minimum Gasteiger partial charge on any atom is -0.347 e. The van der Waals surface area contributed by atoms with Crippen LogP contribution in [0.4, 0.5) is 19.0 Å². The lowest BCUT2D eigenvalue weighted by Crippen LogP contribution is -2.35. The van der Waals surface area contributed by atoms with Gasteiger partial charge in [0.1, 0.15) is 12.4 Å². The molecular formula is C11H14BrF3N2. The molecule has 1 heterocycles. The summed E-state index contributed by atoms with van der Waals surface area (Å²) in [6, 6.07) is 1.76. The Morgan fingerprint density at radius 1 is 1.41 bits per heavy atom. The van der Waals surface area contributed by atoms with Crippen molar-refractivity contribution in [3.05, 3.63) is 22.3 Å². The standard InChI is InChI=1S/C11H14BrF3N2/c1-3-6-17(7-11(13,14)15)10-9(12)8(2)4-5-16-10/h4-5H,3,6-7H2,1-2H3. The lowest BCUT2D eigenvalue weighted by Gasteiger charge is -2.25. The van der Waals surface area contributed by atoms with Crippen molar-refractivity contribution in [1.82, 2.24) is 4.98 Å². The van der Waals surface area contributed by atoms with Crippen LogP contribution in [0.1, 0.15) is 18.9 Å². The molecule has 0 fully saturated rings. The number of alkyl halides is 3. The number of halogens is 4. The molecule has 0 saturated heterocycles. The van der Waals surface area contributed by atoms with E-state index < -0.39 is 12.7 Å². The summed E-state index contributed by atoms with van der Waals surface area (Å²) >= 11 is 3.29. The number of aryl methyl sites for hydroxylation is 1. The van der Waals surface area contributed by atoms with Crippen LogP contribution >= 0.6 is 15.9 Å². The Morgan fingerprint density at radius 2 is 2.06 bits per heavy atom. The van der Waals surface area contributed by atoms with Crippen LogP contribution in [0.25, 0.3) is 0 Å². The first-order chi connectivity index (χ1) is 7.85. The number of anilines is 1. The lowest BCUT2D eigenvalue weighted by molar-refractivity contribution is -0.119. The van der Waals surface area contributed by atoms with E-state index in [1.54, 1.807) is 6.07 Å². The zero-order chi connectivity index (χ0) is 13.1. The number of aromatic nitrogens is 1. The molecule has 0 radical (unpaired) electrons. The monoisotopic (exact) mass is 310 g/mol. The molecule has 2 nitrogen and oxygen atoms in total. The van der Waals surface area contributed by atoms with Crippen molar-refractivity contribution in [2.45, 2.75) is 26.4 Å². The van der Waals surface area contributed by atoms with E-state index in [4.69, 9.17) is 0 Å². The van der Waals surface area contributed by atoms with Crippen molar-refractivity contribution in [3.8, 4) is 0 Å². The van der Waals surface area contributed by atoms with Crippen molar-refractivity contribution in [3.63, 3.8) is 0 Å². The van der Waals surface area contributed by atoms with Crippen LogP contribution in [0.2, 0.25) is 0 Å². The van der Waals surface area contributed by atoms with Gasteiger partial charge in [0.2, 0.25) is 0 Å². The maximum Gasteiger partial charge on any atom is 0.405 e. The van der Waals surface area contributed by atoms with Crippen LogP contribution in [0.5, 0.6) is 0 Å². The maximum atomic E-state index is 12.5. The highest BCUT2D eigenvalue weighted by atomic mass is 79.9. The molecule has 0 atom stereocenters. The lowest BCUT2D eigenvalue weighted by atomic mass is 10.2. The number of hydrogen-bond donors (Lipinski definition) is 0. The molecule has 0 bridgehead atoms. The van der Waals surface area contributed by atoms with E-state index in [-0.39, 0.29) is 0 Å². The summed E-state index contributed by atoms with van der Waals surface area (Å²) in [5.74, 6) is 0.351. The topological polar surface area (TPSA) is 16.1 Å². The van der Waals surface area contributed by atoms with E-state index in [0.717, 1.165) is 5.56 Å². The van der Waals surface area contributed by atoms with Crippen molar-refractivity contribution in [2.75, 3.05) is 18.0 Å². The first-order valence-corrected chi connectivity index (χ1v) is 6.07. The first-order valence-electron chi connectivity index (χ1n) is 5.28. The van der Waals surface area contributed by atoms with Gasteiger partial charge in [0, 0.05) is 12.7 Å². The molecule has 96 valence electrons. The van der Waals surface area contributed by atoms with Crippen LogP contribution < -0.4 is 4.90 Å². The molecule has 0 spiro atoms. The normalized spacial score (nSPS) is 11.6. The van der Waals surface area contributed by atoms with Gasteiger partial charge in [-0.3, -0.25) is 0 Å². The third kappa shape index (κ3) is 4.18. The molecule has 0 aliphatic heterocycles. The smallest absolute Gasteiger partial charge is 0.347 e. The summed E-state index contributed by atoms with van der Waals surface area (Å²) in [5.41, 5.74) is 0.873. The van der Waals surface area contributed by atoms with Crippen molar-refractivity contribution >= 4 is 21.7 Å². The maximum absolute atomic E-state index is 12.5. The Balaban J connectivity index is 3.01. The molecule has 0 amide bonds. The predicted molar refractivity (Wildman–Crippen MR) is 65.2 cm³/mol. The molecule has 1 rings (SSSR count). The van der Waals surface area contributed by atoms with Crippen molar-refractivity contribution in [1.29, 1.82) is 0 Å². The highest BCUT2D eigenvalue weighted by molar-refractivity contribution is 9.10. The highest BCUT2D eigenvalue weighted by Crippen LogP contribution is 2.29. The van der Waals surface area contributed by atoms with E-state index in [1.807, 2.05) is 13.8 Å². The summed E-state index contributed by atoms with van der Waals surface area (Å²) in [5, 5.41) is 0. The van der Waals surface area contributed by atoms with Crippen molar-refractivity contribution < 1.29 is 13.2 Å². The number of rotatable bonds is 4. The Hall–Kier alpha value is -0.780. The van der Waals surface area contributed by atoms with E-state index in [0.29, 0.717) is 23.3 Å².